The number of hydrogen-bond acceptors (Lipinski definition) is 2. The smallest absolute Gasteiger partial charge is 0.320 e. The van der Waals surface area contributed by atoms with Crippen LogP contribution in [0.3, 0.4) is 0 Å². The lowest BCUT2D eigenvalue weighted by Crippen LogP contribution is -2.59. The zero-order valence-corrected chi connectivity index (χ0v) is 13.4. The Morgan fingerprint density at radius 3 is 2.62 bits per heavy atom. The van der Waals surface area contributed by atoms with E-state index in [1.807, 2.05) is 31.2 Å². The molecule has 0 heterocycles. The molecule has 0 saturated heterocycles. The first-order valence-corrected chi connectivity index (χ1v) is 7.78. The molecule has 2 rings (SSSR count). The lowest BCUT2D eigenvalue weighted by Gasteiger charge is -2.39. The maximum Gasteiger partial charge on any atom is 0.320 e. The SMILES string of the molecule is Cc1cccc(NC(=O)NC2(C(N)=S)CCC(C)CC2)c1. The molecule has 0 unspecified atom stereocenters. The third-order valence-corrected chi connectivity index (χ3v) is 4.62. The second kappa shape index (κ2) is 6.43. The number of carbonyl (C=O) groups excluding carboxylic acids is 1. The largest absolute Gasteiger partial charge is 0.391 e. The van der Waals surface area contributed by atoms with Gasteiger partial charge in [-0.2, -0.15) is 0 Å². The van der Waals surface area contributed by atoms with E-state index in [-0.39, 0.29) is 6.03 Å². The average molecular weight is 305 g/mol. The number of urea groups is 1. The standard InChI is InChI=1S/C16H23N3OS/c1-11-6-8-16(9-7-11,14(17)21)19-15(20)18-13-5-3-4-12(2)10-13/h3-5,10-11H,6-9H2,1-2H3,(H2,17,21)(H2,18,19,20). The van der Waals surface area contributed by atoms with Gasteiger partial charge in [0, 0.05) is 5.69 Å². The zero-order valence-electron chi connectivity index (χ0n) is 12.6. The second-order valence-corrected chi connectivity index (χ2v) is 6.52. The third kappa shape index (κ3) is 3.94. The van der Waals surface area contributed by atoms with Crippen LogP contribution in [-0.4, -0.2) is 16.6 Å². The molecule has 4 nitrogen and oxygen atoms in total. The summed E-state index contributed by atoms with van der Waals surface area (Å²) < 4.78 is 0. The molecule has 1 saturated carbocycles. The highest BCUT2D eigenvalue weighted by atomic mass is 32.1. The molecular formula is C16H23N3OS. The minimum atomic E-state index is -0.546. The van der Waals surface area contributed by atoms with Crippen LogP contribution in [-0.2, 0) is 0 Å². The Bertz CT molecular complexity index is 536. The molecule has 0 spiro atoms. The van der Waals surface area contributed by atoms with Crippen molar-refractivity contribution in [1.29, 1.82) is 0 Å². The number of thiocarbonyl (C=S) groups is 1. The number of benzene rings is 1. The number of hydrogen-bond donors (Lipinski definition) is 3. The Morgan fingerprint density at radius 2 is 2.05 bits per heavy atom. The fraction of sp³-hybridized carbons (Fsp3) is 0.500. The molecule has 1 aliphatic rings. The van der Waals surface area contributed by atoms with Gasteiger partial charge in [-0.05, 0) is 56.2 Å². The maximum atomic E-state index is 12.2. The topological polar surface area (TPSA) is 67.2 Å². The molecule has 0 bridgehead atoms. The molecule has 2 amide bonds. The summed E-state index contributed by atoms with van der Waals surface area (Å²) in [6.07, 6.45) is 3.68. The average Bonchev–Trinajstić information content (AvgIpc) is 2.41. The minimum Gasteiger partial charge on any atom is -0.391 e. The van der Waals surface area contributed by atoms with Crippen molar-refractivity contribution >= 4 is 28.9 Å². The van der Waals surface area contributed by atoms with Gasteiger partial charge >= 0.3 is 6.03 Å². The van der Waals surface area contributed by atoms with Crippen LogP contribution in [0.25, 0.3) is 0 Å². The molecule has 4 N–H and O–H groups in total. The van der Waals surface area contributed by atoms with E-state index in [0.29, 0.717) is 10.9 Å². The first-order valence-electron chi connectivity index (χ1n) is 7.37. The monoisotopic (exact) mass is 305 g/mol. The van der Waals surface area contributed by atoms with E-state index in [9.17, 15) is 4.79 Å². The van der Waals surface area contributed by atoms with E-state index in [0.717, 1.165) is 36.9 Å². The lowest BCUT2D eigenvalue weighted by molar-refractivity contribution is 0.227. The summed E-state index contributed by atoms with van der Waals surface area (Å²) in [6.45, 7) is 4.21. The highest BCUT2D eigenvalue weighted by molar-refractivity contribution is 7.80. The van der Waals surface area contributed by atoms with E-state index >= 15 is 0 Å². The van der Waals surface area contributed by atoms with Crippen LogP contribution in [0, 0.1) is 12.8 Å². The Balaban J connectivity index is 2.04. The second-order valence-electron chi connectivity index (χ2n) is 6.08. The van der Waals surface area contributed by atoms with Crippen molar-refractivity contribution in [2.24, 2.45) is 11.7 Å². The summed E-state index contributed by atoms with van der Waals surface area (Å²) in [6, 6.07) is 7.44. The molecule has 0 aromatic heterocycles. The minimum absolute atomic E-state index is 0.247. The van der Waals surface area contributed by atoms with Crippen molar-refractivity contribution in [1.82, 2.24) is 5.32 Å². The van der Waals surface area contributed by atoms with Crippen molar-refractivity contribution in [3.8, 4) is 0 Å². The predicted molar refractivity (Wildman–Crippen MR) is 90.5 cm³/mol. The van der Waals surface area contributed by atoms with Gasteiger partial charge in [0.25, 0.3) is 0 Å². The van der Waals surface area contributed by atoms with Gasteiger partial charge in [-0.15, -0.1) is 0 Å². The van der Waals surface area contributed by atoms with Crippen LogP contribution in [0.5, 0.6) is 0 Å². The molecule has 0 aliphatic heterocycles. The summed E-state index contributed by atoms with van der Waals surface area (Å²) in [5.74, 6) is 0.661. The number of rotatable bonds is 3. The van der Waals surface area contributed by atoms with Crippen LogP contribution in [0.2, 0.25) is 0 Å². The van der Waals surface area contributed by atoms with Gasteiger partial charge < -0.3 is 16.4 Å². The molecule has 1 aromatic rings. The van der Waals surface area contributed by atoms with Crippen LogP contribution >= 0.6 is 12.2 Å². The van der Waals surface area contributed by atoms with Crippen molar-refractivity contribution < 1.29 is 4.79 Å². The van der Waals surface area contributed by atoms with Gasteiger partial charge in [0.2, 0.25) is 0 Å². The van der Waals surface area contributed by atoms with Crippen molar-refractivity contribution in [2.75, 3.05) is 5.32 Å². The first-order chi connectivity index (χ1) is 9.91. The fourth-order valence-electron chi connectivity index (χ4n) is 2.79. The Kier molecular flexibility index (Phi) is 4.83. The van der Waals surface area contributed by atoms with E-state index in [1.165, 1.54) is 0 Å². The summed E-state index contributed by atoms with van der Waals surface area (Å²) >= 11 is 5.21. The predicted octanol–water partition coefficient (Wildman–Crippen LogP) is 3.35. The maximum absolute atomic E-state index is 12.2. The summed E-state index contributed by atoms with van der Waals surface area (Å²) in [4.78, 5) is 12.6. The van der Waals surface area contributed by atoms with Crippen LogP contribution < -0.4 is 16.4 Å². The highest BCUT2D eigenvalue weighted by Crippen LogP contribution is 2.32. The van der Waals surface area contributed by atoms with Crippen molar-refractivity contribution in [2.45, 2.75) is 45.1 Å². The van der Waals surface area contributed by atoms with Gasteiger partial charge in [-0.1, -0.05) is 31.3 Å². The van der Waals surface area contributed by atoms with Crippen LogP contribution in [0.4, 0.5) is 10.5 Å². The van der Waals surface area contributed by atoms with E-state index in [2.05, 4.69) is 17.6 Å². The molecule has 114 valence electrons. The van der Waals surface area contributed by atoms with E-state index < -0.39 is 5.54 Å². The van der Waals surface area contributed by atoms with E-state index in [4.69, 9.17) is 18.0 Å². The number of carbonyl (C=O) groups is 1. The van der Waals surface area contributed by atoms with E-state index in [1.54, 1.807) is 0 Å². The van der Waals surface area contributed by atoms with Gasteiger partial charge in [0.05, 0.1) is 10.5 Å². The Hall–Kier alpha value is -1.62. The normalized spacial score (nSPS) is 25.1. The van der Waals surface area contributed by atoms with Gasteiger partial charge in [0.15, 0.2) is 0 Å². The van der Waals surface area contributed by atoms with Crippen LogP contribution in [0.1, 0.15) is 38.2 Å². The third-order valence-electron chi connectivity index (χ3n) is 4.23. The fourth-order valence-corrected chi connectivity index (χ4v) is 3.05. The Labute approximate surface area is 131 Å². The first kappa shape index (κ1) is 15.8. The number of anilines is 1. The number of nitrogens with one attached hydrogen (secondary N) is 2. The molecule has 1 aromatic carbocycles. The summed E-state index contributed by atoms with van der Waals surface area (Å²) in [5.41, 5.74) is 7.23. The molecule has 1 aliphatic carbocycles. The van der Waals surface area contributed by atoms with Crippen molar-refractivity contribution in [3.63, 3.8) is 0 Å². The summed E-state index contributed by atoms with van der Waals surface area (Å²) in [5, 5.41) is 5.86. The quantitative estimate of drug-likeness (QED) is 0.750. The number of aryl methyl sites for hydroxylation is 1. The van der Waals surface area contributed by atoms with Crippen molar-refractivity contribution in [3.05, 3.63) is 29.8 Å². The zero-order chi connectivity index (χ0) is 15.5. The highest BCUT2D eigenvalue weighted by Gasteiger charge is 2.38. The van der Waals surface area contributed by atoms with Crippen LogP contribution in [0.15, 0.2) is 24.3 Å². The lowest BCUT2D eigenvalue weighted by atomic mass is 9.77. The Morgan fingerprint density at radius 1 is 1.38 bits per heavy atom. The molecular weight excluding hydrogens is 282 g/mol. The molecule has 21 heavy (non-hydrogen) atoms. The summed E-state index contributed by atoms with van der Waals surface area (Å²) in [7, 11) is 0. The van der Waals surface area contributed by atoms with Gasteiger partial charge in [-0.3, -0.25) is 0 Å². The number of amides is 2. The molecule has 1 fully saturated rings. The van der Waals surface area contributed by atoms with Gasteiger partial charge in [0.1, 0.15) is 0 Å². The molecule has 0 radical (unpaired) electrons. The molecule has 5 heteroatoms. The van der Waals surface area contributed by atoms with Gasteiger partial charge in [-0.25, -0.2) is 4.79 Å². The molecule has 0 atom stereocenters. The number of nitrogens with two attached hydrogens (primary N) is 1.